The van der Waals surface area contributed by atoms with Crippen molar-refractivity contribution in [1.82, 2.24) is 14.8 Å². The van der Waals surface area contributed by atoms with E-state index in [1.165, 1.54) is 38.7 Å². The minimum atomic E-state index is 0.00983. The number of fused-ring (bicyclic) bond motifs is 2. The molecule has 2 aliphatic heterocycles. The van der Waals surface area contributed by atoms with Gasteiger partial charge in [-0.3, -0.25) is 9.69 Å². The number of hydrogen-bond acceptors (Lipinski definition) is 4. The minimum absolute atomic E-state index is 0.00983. The van der Waals surface area contributed by atoms with Gasteiger partial charge in [0.2, 0.25) is 12.7 Å². The van der Waals surface area contributed by atoms with E-state index in [9.17, 15) is 4.79 Å². The van der Waals surface area contributed by atoms with E-state index < -0.39 is 0 Å². The SMILES string of the molecule is CCc1cccc2c(C(CC(=O)N3CCN(Cc4ccc5c(c4)OCO5)CC3)c3ccc(C)cc3)c[nH]c12. The van der Waals surface area contributed by atoms with Crippen LogP contribution in [-0.2, 0) is 17.8 Å². The molecule has 2 aliphatic rings. The van der Waals surface area contributed by atoms with Gasteiger partial charge in [-0.15, -0.1) is 0 Å². The molecular formula is C32H35N3O3. The molecule has 196 valence electrons. The normalized spacial score (nSPS) is 16.2. The molecular weight excluding hydrogens is 474 g/mol. The zero-order valence-electron chi connectivity index (χ0n) is 22.2. The molecule has 1 N–H and O–H groups in total. The maximum absolute atomic E-state index is 13.7. The predicted molar refractivity (Wildman–Crippen MR) is 150 cm³/mol. The maximum Gasteiger partial charge on any atom is 0.231 e. The van der Waals surface area contributed by atoms with Gasteiger partial charge in [0.25, 0.3) is 0 Å². The number of benzene rings is 3. The zero-order valence-corrected chi connectivity index (χ0v) is 22.2. The first-order chi connectivity index (χ1) is 18.6. The van der Waals surface area contributed by atoms with Crippen molar-refractivity contribution in [2.75, 3.05) is 33.0 Å². The van der Waals surface area contributed by atoms with Crippen molar-refractivity contribution in [3.63, 3.8) is 0 Å². The molecule has 1 atom stereocenters. The molecule has 1 aromatic heterocycles. The Morgan fingerprint density at radius 1 is 0.974 bits per heavy atom. The van der Waals surface area contributed by atoms with Crippen molar-refractivity contribution in [3.05, 3.63) is 94.7 Å². The summed E-state index contributed by atoms with van der Waals surface area (Å²) in [6.45, 7) is 8.65. The lowest BCUT2D eigenvalue weighted by Gasteiger charge is -2.35. The Bertz CT molecular complexity index is 1430. The lowest BCUT2D eigenvalue weighted by Crippen LogP contribution is -2.48. The Morgan fingerprint density at radius 3 is 2.55 bits per heavy atom. The van der Waals surface area contributed by atoms with Gasteiger partial charge in [-0.2, -0.15) is 0 Å². The van der Waals surface area contributed by atoms with E-state index in [4.69, 9.17) is 9.47 Å². The van der Waals surface area contributed by atoms with Crippen LogP contribution in [-0.4, -0.2) is 53.7 Å². The smallest absolute Gasteiger partial charge is 0.231 e. The molecule has 1 amide bonds. The summed E-state index contributed by atoms with van der Waals surface area (Å²) in [6.07, 6.45) is 3.56. The van der Waals surface area contributed by atoms with E-state index in [0.717, 1.165) is 50.6 Å². The molecule has 0 bridgehead atoms. The van der Waals surface area contributed by atoms with Crippen molar-refractivity contribution in [2.45, 2.75) is 39.2 Å². The molecule has 0 aliphatic carbocycles. The molecule has 0 radical (unpaired) electrons. The fraction of sp³-hybridized carbons (Fsp3) is 0.344. The molecule has 0 spiro atoms. The quantitative estimate of drug-likeness (QED) is 0.351. The van der Waals surface area contributed by atoms with Crippen molar-refractivity contribution in [1.29, 1.82) is 0 Å². The van der Waals surface area contributed by atoms with Gasteiger partial charge in [-0.05, 0) is 47.7 Å². The Kier molecular flexibility index (Phi) is 6.81. The maximum atomic E-state index is 13.7. The van der Waals surface area contributed by atoms with Gasteiger partial charge in [0, 0.05) is 62.2 Å². The molecule has 6 rings (SSSR count). The fourth-order valence-corrected chi connectivity index (χ4v) is 5.78. The summed E-state index contributed by atoms with van der Waals surface area (Å²) >= 11 is 0. The second kappa shape index (κ2) is 10.5. The van der Waals surface area contributed by atoms with Crippen LogP contribution in [0.1, 0.15) is 47.1 Å². The largest absolute Gasteiger partial charge is 0.454 e. The number of aromatic amines is 1. The van der Waals surface area contributed by atoms with Gasteiger partial charge in [0.1, 0.15) is 0 Å². The average Bonchev–Trinajstić information content (AvgIpc) is 3.59. The van der Waals surface area contributed by atoms with Crippen LogP contribution in [0.2, 0.25) is 0 Å². The Morgan fingerprint density at radius 2 is 1.76 bits per heavy atom. The van der Waals surface area contributed by atoms with Crippen LogP contribution in [0.3, 0.4) is 0 Å². The third kappa shape index (κ3) is 4.88. The number of nitrogens with one attached hydrogen (secondary N) is 1. The number of carbonyl (C=O) groups is 1. The molecule has 1 unspecified atom stereocenters. The van der Waals surface area contributed by atoms with Gasteiger partial charge in [-0.1, -0.05) is 61.0 Å². The van der Waals surface area contributed by atoms with Crippen LogP contribution >= 0.6 is 0 Å². The van der Waals surface area contributed by atoms with E-state index in [-0.39, 0.29) is 11.8 Å². The number of ether oxygens (including phenoxy) is 2. The highest BCUT2D eigenvalue weighted by Crippen LogP contribution is 2.36. The third-order valence-corrected chi connectivity index (χ3v) is 8.02. The van der Waals surface area contributed by atoms with Gasteiger partial charge < -0.3 is 19.4 Å². The summed E-state index contributed by atoms with van der Waals surface area (Å²) in [6, 6.07) is 21.3. The number of amides is 1. The van der Waals surface area contributed by atoms with Crippen molar-refractivity contribution in [3.8, 4) is 11.5 Å². The highest BCUT2D eigenvalue weighted by molar-refractivity contribution is 5.88. The van der Waals surface area contributed by atoms with Crippen LogP contribution in [0.15, 0.2) is 66.9 Å². The molecule has 3 heterocycles. The Hall–Kier alpha value is -3.77. The first-order valence-corrected chi connectivity index (χ1v) is 13.6. The number of hydrogen-bond donors (Lipinski definition) is 1. The lowest BCUT2D eigenvalue weighted by molar-refractivity contribution is -0.133. The van der Waals surface area contributed by atoms with Crippen molar-refractivity contribution in [2.24, 2.45) is 0 Å². The van der Waals surface area contributed by atoms with Crippen LogP contribution in [0, 0.1) is 6.92 Å². The van der Waals surface area contributed by atoms with Gasteiger partial charge >= 0.3 is 0 Å². The third-order valence-electron chi connectivity index (χ3n) is 8.02. The second-order valence-corrected chi connectivity index (χ2v) is 10.4. The lowest BCUT2D eigenvalue weighted by atomic mass is 9.87. The van der Waals surface area contributed by atoms with Crippen molar-refractivity contribution >= 4 is 16.8 Å². The Labute approximate surface area is 224 Å². The number of H-pyrrole nitrogens is 1. The van der Waals surface area contributed by atoms with Crippen LogP contribution < -0.4 is 9.47 Å². The van der Waals surface area contributed by atoms with Gasteiger partial charge in [0.05, 0.1) is 0 Å². The average molecular weight is 510 g/mol. The van der Waals surface area contributed by atoms with Crippen molar-refractivity contribution < 1.29 is 14.3 Å². The molecule has 0 saturated carbocycles. The monoisotopic (exact) mass is 509 g/mol. The van der Waals surface area contributed by atoms with Crippen LogP contribution in [0.4, 0.5) is 0 Å². The summed E-state index contributed by atoms with van der Waals surface area (Å²) < 4.78 is 11.0. The number of para-hydroxylation sites is 1. The van der Waals surface area contributed by atoms with Gasteiger partial charge in [0.15, 0.2) is 11.5 Å². The van der Waals surface area contributed by atoms with E-state index in [1.807, 2.05) is 11.0 Å². The highest BCUT2D eigenvalue weighted by atomic mass is 16.7. The van der Waals surface area contributed by atoms with Gasteiger partial charge in [-0.25, -0.2) is 0 Å². The summed E-state index contributed by atoms with van der Waals surface area (Å²) in [5.41, 5.74) is 7.32. The first kappa shape index (κ1) is 24.6. The summed E-state index contributed by atoms with van der Waals surface area (Å²) in [5, 5.41) is 1.22. The second-order valence-electron chi connectivity index (χ2n) is 10.4. The zero-order chi connectivity index (χ0) is 26.1. The number of rotatable bonds is 7. The molecule has 1 saturated heterocycles. The first-order valence-electron chi connectivity index (χ1n) is 13.6. The molecule has 6 heteroatoms. The number of aryl methyl sites for hydroxylation is 2. The summed E-state index contributed by atoms with van der Waals surface area (Å²) in [5.74, 6) is 1.87. The molecule has 1 fully saturated rings. The van der Waals surface area contributed by atoms with E-state index >= 15 is 0 Å². The number of piperazine rings is 1. The standard InChI is InChI=1S/C32H35N3O3/c1-3-24-5-4-6-26-28(19-33-32(24)26)27(25-10-7-22(2)8-11-25)18-31(36)35-15-13-34(14-16-35)20-23-9-12-29-30(17-23)38-21-37-29/h4-12,17,19,27,33H,3,13-16,18,20-21H2,1-2H3. The fourth-order valence-electron chi connectivity index (χ4n) is 5.78. The minimum Gasteiger partial charge on any atom is -0.454 e. The summed E-state index contributed by atoms with van der Waals surface area (Å²) in [7, 11) is 0. The highest BCUT2D eigenvalue weighted by Gasteiger charge is 2.27. The topological polar surface area (TPSA) is 57.8 Å². The van der Waals surface area contributed by atoms with Crippen LogP contribution in [0.5, 0.6) is 11.5 Å². The number of nitrogens with zero attached hydrogens (tertiary/aromatic N) is 2. The molecule has 6 nitrogen and oxygen atoms in total. The molecule has 4 aromatic rings. The number of carbonyl (C=O) groups excluding carboxylic acids is 1. The molecule has 3 aromatic carbocycles. The van der Waals surface area contributed by atoms with E-state index in [0.29, 0.717) is 13.2 Å². The Balaban J connectivity index is 1.16. The summed E-state index contributed by atoms with van der Waals surface area (Å²) in [4.78, 5) is 21.6. The number of aromatic nitrogens is 1. The predicted octanol–water partition coefficient (Wildman–Crippen LogP) is 5.63. The van der Waals surface area contributed by atoms with E-state index in [1.54, 1.807) is 0 Å². The molecule has 38 heavy (non-hydrogen) atoms. The van der Waals surface area contributed by atoms with Crippen LogP contribution in [0.25, 0.3) is 10.9 Å². The van der Waals surface area contributed by atoms with E-state index in [2.05, 4.69) is 84.5 Å².